The second-order valence-electron chi connectivity index (χ2n) is 7.96. The van der Waals surface area contributed by atoms with Gasteiger partial charge >= 0.3 is 0 Å². The van der Waals surface area contributed by atoms with Crippen molar-refractivity contribution in [2.45, 2.75) is 45.1 Å². The molecule has 1 saturated heterocycles. The second-order valence-corrected chi connectivity index (χ2v) is 7.96. The molecule has 1 heterocycles. The summed E-state index contributed by atoms with van der Waals surface area (Å²) in [5.41, 5.74) is 0.0388. The molecule has 0 unspecified atom stereocenters. The van der Waals surface area contributed by atoms with Gasteiger partial charge in [0.1, 0.15) is 18.0 Å². The zero-order valence-electron chi connectivity index (χ0n) is 16.3. The van der Waals surface area contributed by atoms with Crippen molar-refractivity contribution in [1.29, 1.82) is 0 Å². The van der Waals surface area contributed by atoms with Crippen LogP contribution >= 0.6 is 0 Å². The summed E-state index contributed by atoms with van der Waals surface area (Å²) in [4.78, 5) is 15.0. The van der Waals surface area contributed by atoms with E-state index in [4.69, 9.17) is 9.47 Å². The number of ether oxygens (including phenoxy) is 2. The lowest BCUT2D eigenvalue weighted by Gasteiger charge is -2.30. The van der Waals surface area contributed by atoms with E-state index in [0.29, 0.717) is 12.5 Å². The first-order valence-corrected chi connectivity index (χ1v) is 9.83. The third-order valence-corrected chi connectivity index (χ3v) is 5.76. The van der Waals surface area contributed by atoms with Gasteiger partial charge in [0.25, 0.3) is 5.91 Å². The smallest absolute Gasteiger partial charge is 0.256 e. The Morgan fingerprint density at radius 2 is 2.00 bits per heavy atom. The minimum absolute atomic E-state index is 0.0737. The summed E-state index contributed by atoms with van der Waals surface area (Å²) in [7, 11) is 1.61. The summed E-state index contributed by atoms with van der Waals surface area (Å²) in [5, 5.41) is 2.97. The van der Waals surface area contributed by atoms with Crippen LogP contribution in [0.25, 0.3) is 0 Å². The van der Waals surface area contributed by atoms with E-state index in [1.165, 1.54) is 25.9 Å². The average Bonchev–Trinajstić information content (AvgIpc) is 3.48. The Kier molecular flexibility index (Phi) is 6.20. The molecule has 2 fully saturated rings. The minimum atomic E-state index is -0.735. The number of likely N-dealkylation sites (tertiary alicyclic amines) is 1. The van der Waals surface area contributed by atoms with Gasteiger partial charge in [0.05, 0.1) is 0 Å². The summed E-state index contributed by atoms with van der Waals surface area (Å²) < 4.78 is 11.4. The zero-order valence-corrected chi connectivity index (χ0v) is 16.3. The molecule has 26 heavy (non-hydrogen) atoms. The largest absolute Gasteiger partial charge is 0.492 e. The molecule has 1 aliphatic heterocycles. The number of nitrogens with one attached hydrogen (secondary N) is 1. The predicted octanol–water partition coefficient (Wildman–Crippen LogP) is 3.55. The van der Waals surface area contributed by atoms with Gasteiger partial charge in [0, 0.05) is 25.9 Å². The van der Waals surface area contributed by atoms with Crippen molar-refractivity contribution < 1.29 is 14.3 Å². The molecule has 1 aliphatic carbocycles. The molecular formula is C21H32N2O3. The van der Waals surface area contributed by atoms with Crippen LogP contribution in [0.4, 0.5) is 5.69 Å². The first kappa shape index (κ1) is 19.2. The number of benzene rings is 1. The lowest BCUT2D eigenvalue weighted by atomic mass is 9.99. The number of carbonyl (C=O) groups excluding carboxylic acids is 1. The highest BCUT2D eigenvalue weighted by molar-refractivity contribution is 5.97. The van der Waals surface area contributed by atoms with Crippen molar-refractivity contribution in [2.24, 2.45) is 11.8 Å². The number of anilines is 1. The molecule has 1 aromatic carbocycles. The normalized spacial score (nSPS) is 23.3. The lowest BCUT2D eigenvalue weighted by molar-refractivity contribution is -0.138. The van der Waals surface area contributed by atoms with Crippen molar-refractivity contribution in [3.05, 3.63) is 24.3 Å². The highest BCUT2D eigenvalue weighted by Gasteiger charge is 2.47. The molecule has 1 amide bonds. The number of nitrogens with zero attached hydrogens (tertiary/aromatic N) is 1. The van der Waals surface area contributed by atoms with E-state index in [0.717, 1.165) is 36.7 Å². The van der Waals surface area contributed by atoms with E-state index in [2.05, 4.69) is 17.1 Å². The Morgan fingerprint density at radius 1 is 1.27 bits per heavy atom. The summed E-state index contributed by atoms with van der Waals surface area (Å²) in [6.45, 7) is 8.21. The third kappa shape index (κ3) is 4.77. The Bertz CT molecular complexity index is 600. The Labute approximate surface area is 157 Å². The van der Waals surface area contributed by atoms with E-state index in [1.54, 1.807) is 7.11 Å². The fraction of sp³-hybridized carbons (Fsp3) is 0.667. The fourth-order valence-corrected chi connectivity index (χ4v) is 3.75. The van der Waals surface area contributed by atoms with Gasteiger partial charge in [-0.2, -0.15) is 0 Å². The summed E-state index contributed by atoms with van der Waals surface area (Å²) in [5.74, 6) is 1.88. The number of hydrogen-bond acceptors (Lipinski definition) is 4. The highest BCUT2D eigenvalue weighted by Crippen LogP contribution is 2.42. The van der Waals surface area contributed by atoms with Crippen molar-refractivity contribution in [3.63, 3.8) is 0 Å². The summed E-state index contributed by atoms with van der Waals surface area (Å²) >= 11 is 0. The quantitative estimate of drug-likeness (QED) is 0.770. The Balaban J connectivity index is 1.45. The van der Waals surface area contributed by atoms with Crippen LogP contribution in [-0.2, 0) is 9.53 Å². The van der Waals surface area contributed by atoms with Crippen molar-refractivity contribution in [3.8, 4) is 5.75 Å². The SMILES string of the molecule is CO[C@](C)(C(=O)Nc1ccc(OCCN2CCC[C@@H](C)C2)cc1)C1CC1. The maximum atomic E-state index is 12.5. The molecule has 144 valence electrons. The predicted molar refractivity (Wildman–Crippen MR) is 104 cm³/mol. The van der Waals surface area contributed by atoms with E-state index < -0.39 is 5.60 Å². The van der Waals surface area contributed by atoms with Crippen molar-refractivity contribution >= 4 is 11.6 Å². The van der Waals surface area contributed by atoms with Gasteiger partial charge in [-0.1, -0.05) is 6.92 Å². The van der Waals surface area contributed by atoms with Crippen molar-refractivity contribution in [2.75, 3.05) is 38.7 Å². The molecule has 2 aliphatic rings. The van der Waals surface area contributed by atoms with Gasteiger partial charge < -0.3 is 14.8 Å². The van der Waals surface area contributed by atoms with E-state index in [1.807, 2.05) is 31.2 Å². The summed E-state index contributed by atoms with van der Waals surface area (Å²) in [6.07, 6.45) is 4.74. The molecule has 0 bridgehead atoms. The van der Waals surface area contributed by atoms with Crippen LogP contribution < -0.4 is 10.1 Å². The fourth-order valence-electron chi connectivity index (χ4n) is 3.75. The van der Waals surface area contributed by atoms with Crippen molar-refractivity contribution in [1.82, 2.24) is 4.90 Å². The maximum absolute atomic E-state index is 12.5. The molecule has 3 rings (SSSR count). The molecule has 2 atom stereocenters. The van der Waals surface area contributed by atoms with Crippen LogP contribution in [0.5, 0.6) is 5.75 Å². The standard InChI is InChI=1S/C21H32N2O3/c1-16-5-4-12-23(15-16)13-14-26-19-10-8-18(9-11-19)22-20(24)21(2,25-3)17-6-7-17/h8-11,16-17H,4-7,12-15H2,1-3H3,(H,22,24)/t16-,21+/m1/s1. The minimum Gasteiger partial charge on any atom is -0.492 e. The van der Waals surface area contributed by atoms with Crippen LogP contribution in [-0.4, -0.2) is 49.8 Å². The average molecular weight is 360 g/mol. The molecule has 5 heteroatoms. The number of carbonyl (C=O) groups is 1. The van der Waals surface area contributed by atoms with E-state index >= 15 is 0 Å². The molecule has 0 radical (unpaired) electrons. The first-order chi connectivity index (χ1) is 12.5. The Hall–Kier alpha value is -1.59. The van der Waals surface area contributed by atoms with Gasteiger partial charge in [-0.15, -0.1) is 0 Å². The molecule has 0 spiro atoms. The number of piperidine rings is 1. The molecule has 5 nitrogen and oxygen atoms in total. The van der Waals surface area contributed by atoms with Gasteiger partial charge in [-0.25, -0.2) is 0 Å². The molecule has 1 N–H and O–H groups in total. The van der Waals surface area contributed by atoms with E-state index in [-0.39, 0.29) is 5.91 Å². The molecular weight excluding hydrogens is 328 g/mol. The van der Waals surface area contributed by atoms with Crippen LogP contribution in [0, 0.1) is 11.8 Å². The van der Waals surface area contributed by atoms with Crippen LogP contribution in [0.2, 0.25) is 0 Å². The monoisotopic (exact) mass is 360 g/mol. The Morgan fingerprint density at radius 3 is 2.62 bits per heavy atom. The van der Waals surface area contributed by atoms with E-state index in [9.17, 15) is 4.79 Å². The molecule has 0 aromatic heterocycles. The third-order valence-electron chi connectivity index (χ3n) is 5.76. The number of hydrogen-bond donors (Lipinski definition) is 1. The zero-order chi connectivity index (χ0) is 18.6. The topological polar surface area (TPSA) is 50.8 Å². The first-order valence-electron chi connectivity index (χ1n) is 9.83. The van der Waals surface area contributed by atoms with Crippen LogP contribution in [0.15, 0.2) is 24.3 Å². The maximum Gasteiger partial charge on any atom is 0.256 e. The van der Waals surface area contributed by atoms with Crippen LogP contribution in [0.1, 0.15) is 39.5 Å². The molecule has 1 aromatic rings. The number of amides is 1. The van der Waals surface area contributed by atoms with Crippen LogP contribution in [0.3, 0.4) is 0 Å². The number of methoxy groups -OCH3 is 1. The van der Waals surface area contributed by atoms with Gasteiger partial charge in [-0.05, 0) is 75.3 Å². The number of rotatable bonds is 8. The molecule has 1 saturated carbocycles. The van der Waals surface area contributed by atoms with Gasteiger partial charge in [-0.3, -0.25) is 9.69 Å². The van der Waals surface area contributed by atoms with Gasteiger partial charge in [0.2, 0.25) is 0 Å². The lowest BCUT2D eigenvalue weighted by Crippen LogP contribution is -2.44. The second kappa shape index (κ2) is 8.40. The van der Waals surface area contributed by atoms with Gasteiger partial charge in [0.15, 0.2) is 0 Å². The highest BCUT2D eigenvalue weighted by atomic mass is 16.5. The summed E-state index contributed by atoms with van der Waals surface area (Å²) in [6, 6.07) is 7.60.